The van der Waals surface area contributed by atoms with E-state index in [0.29, 0.717) is 27.0 Å². The molecule has 0 bridgehead atoms. The van der Waals surface area contributed by atoms with Crippen molar-refractivity contribution in [2.45, 2.75) is 0 Å². The highest BCUT2D eigenvalue weighted by molar-refractivity contribution is 7.71. The van der Waals surface area contributed by atoms with Crippen LogP contribution in [0, 0.1) is 4.77 Å². The summed E-state index contributed by atoms with van der Waals surface area (Å²) < 4.78 is 18.5. The Morgan fingerprint density at radius 3 is 2.38 bits per heavy atom. The van der Waals surface area contributed by atoms with Crippen LogP contribution in [0.25, 0.3) is 28.0 Å². The van der Waals surface area contributed by atoms with Crippen LogP contribution >= 0.6 is 23.8 Å². The molecule has 29 heavy (non-hydrogen) atoms. The molecule has 0 aliphatic rings. The SMILES string of the molecule is COc1ccc(-c2cn3c(=S)ncc(-c4cc(Cl)ccc4OC)c3[nH]2)cc1OC. The normalized spacial score (nSPS) is 10.9. The minimum atomic E-state index is 0.438. The van der Waals surface area contributed by atoms with Crippen LogP contribution in [0.1, 0.15) is 0 Å². The highest BCUT2D eigenvalue weighted by Gasteiger charge is 2.15. The van der Waals surface area contributed by atoms with Crippen LogP contribution in [-0.2, 0) is 0 Å². The summed E-state index contributed by atoms with van der Waals surface area (Å²) in [6.07, 6.45) is 3.63. The van der Waals surface area contributed by atoms with Crippen molar-refractivity contribution in [2.75, 3.05) is 21.3 Å². The molecule has 2 aromatic carbocycles. The second-order valence-electron chi connectivity index (χ2n) is 6.26. The van der Waals surface area contributed by atoms with Crippen molar-refractivity contribution in [2.24, 2.45) is 0 Å². The first-order valence-corrected chi connectivity index (χ1v) is 9.51. The second-order valence-corrected chi connectivity index (χ2v) is 7.06. The number of nitrogens with one attached hydrogen (secondary N) is 1. The summed E-state index contributed by atoms with van der Waals surface area (Å²) in [5.74, 6) is 1.99. The number of halogens is 1. The average molecular weight is 428 g/mol. The maximum absolute atomic E-state index is 6.23. The zero-order chi connectivity index (χ0) is 20.5. The molecule has 8 heteroatoms. The Hall–Kier alpha value is -3.03. The van der Waals surface area contributed by atoms with Crippen LogP contribution in [0.2, 0.25) is 5.02 Å². The van der Waals surface area contributed by atoms with Crippen molar-refractivity contribution in [1.29, 1.82) is 0 Å². The van der Waals surface area contributed by atoms with E-state index in [1.807, 2.05) is 40.9 Å². The summed E-state index contributed by atoms with van der Waals surface area (Å²) in [5, 5.41) is 0.605. The van der Waals surface area contributed by atoms with E-state index in [0.717, 1.165) is 28.0 Å². The van der Waals surface area contributed by atoms with Gasteiger partial charge < -0.3 is 19.2 Å². The van der Waals surface area contributed by atoms with Gasteiger partial charge in [0.15, 0.2) is 11.5 Å². The lowest BCUT2D eigenvalue weighted by Gasteiger charge is -2.10. The molecule has 4 aromatic rings. The van der Waals surface area contributed by atoms with Gasteiger partial charge in [-0.2, -0.15) is 0 Å². The van der Waals surface area contributed by atoms with Crippen LogP contribution in [-0.4, -0.2) is 35.7 Å². The zero-order valence-electron chi connectivity index (χ0n) is 16.0. The maximum Gasteiger partial charge on any atom is 0.205 e. The van der Waals surface area contributed by atoms with E-state index < -0.39 is 0 Å². The van der Waals surface area contributed by atoms with Gasteiger partial charge in [-0.15, -0.1) is 0 Å². The fraction of sp³-hybridized carbons (Fsp3) is 0.143. The first kappa shape index (κ1) is 19.3. The van der Waals surface area contributed by atoms with E-state index in [1.54, 1.807) is 33.6 Å². The zero-order valence-corrected chi connectivity index (χ0v) is 17.6. The number of methoxy groups -OCH3 is 3. The van der Waals surface area contributed by atoms with Crippen LogP contribution < -0.4 is 14.2 Å². The van der Waals surface area contributed by atoms with E-state index in [9.17, 15) is 0 Å². The van der Waals surface area contributed by atoms with Gasteiger partial charge in [0.2, 0.25) is 4.77 Å². The average Bonchev–Trinajstić information content (AvgIpc) is 3.20. The van der Waals surface area contributed by atoms with Crippen molar-refractivity contribution in [3.63, 3.8) is 0 Å². The number of nitrogens with zero attached hydrogens (tertiary/aromatic N) is 2. The molecule has 0 radical (unpaired) electrons. The predicted molar refractivity (Wildman–Crippen MR) is 116 cm³/mol. The van der Waals surface area contributed by atoms with Crippen molar-refractivity contribution in [1.82, 2.24) is 14.4 Å². The van der Waals surface area contributed by atoms with Crippen molar-refractivity contribution in [3.8, 4) is 39.6 Å². The molecule has 0 saturated heterocycles. The number of hydrogen-bond donors (Lipinski definition) is 1. The maximum atomic E-state index is 6.23. The van der Waals surface area contributed by atoms with Gasteiger partial charge in [-0.05, 0) is 48.6 Å². The van der Waals surface area contributed by atoms with Gasteiger partial charge in [0.05, 0.1) is 27.0 Å². The monoisotopic (exact) mass is 427 g/mol. The Bertz CT molecular complexity index is 1270. The molecular formula is C21H18ClN3O3S. The molecule has 0 saturated carbocycles. The molecule has 6 nitrogen and oxygen atoms in total. The molecule has 4 rings (SSSR count). The predicted octanol–water partition coefficient (Wildman–Crippen LogP) is 5.41. The number of hydrogen-bond acceptors (Lipinski definition) is 5. The summed E-state index contributed by atoms with van der Waals surface area (Å²) >= 11 is 11.7. The topological polar surface area (TPSA) is 60.8 Å². The van der Waals surface area contributed by atoms with Crippen molar-refractivity contribution in [3.05, 3.63) is 58.6 Å². The summed E-state index contributed by atoms with van der Waals surface area (Å²) in [6.45, 7) is 0. The largest absolute Gasteiger partial charge is 0.496 e. The third kappa shape index (κ3) is 3.43. The smallest absolute Gasteiger partial charge is 0.205 e. The number of rotatable bonds is 5. The van der Waals surface area contributed by atoms with Gasteiger partial charge in [0.1, 0.15) is 11.4 Å². The number of aromatic nitrogens is 3. The van der Waals surface area contributed by atoms with Gasteiger partial charge >= 0.3 is 0 Å². The standard InChI is InChI=1S/C21H18ClN3O3S/c1-26-17-7-5-13(22)9-14(17)15-10-23-21(29)25-11-16(24-20(15)25)12-4-6-18(27-2)19(8-12)28-3/h4-11,24H,1-3H3. The van der Waals surface area contributed by atoms with Crippen LogP contribution in [0.15, 0.2) is 48.8 Å². The lowest BCUT2D eigenvalue weighted by molar-refractivity contribution is 0.355. The third-order valence-corrected chi connectivity index (χ3v) is 5.20. The lowest BCUT2D eigenvalue weighted by atomic mass is 10.1. The first-order valence-electron chi connectivity index (χ1n) is 8.72. The van der Waals surface area contributed by atoms with Gasteiger partial charge in [-0.25, -0.2) is 4.98 Å². The highest BCUT2D eigenvalue weighted by Crippen LogP contribution is 2.36. The quantitative estimate of drug-likeness (QED) is 0.432. The molecule has 0 amide bonds. The number of benzene rings is 2. The van der Waals surface area contributed by atoms with Crippen LogP contribution in [0.5, 0.6) is 17.2 Å². The molecule has 0 spiro atoms. The molecular weight excluding hydrogens is 410 g/mol. The van der Waals surface area contributed by atoms with Gasteiger partial charge in [0.25, 0.3) is 0 Å². The van der Waals surface area contributed by atoms with E-state index in [-0.39, 0.29) is 0 Å². The molecule has 0 fully saturated rings. The molecule has 0 aliphatic carbocycles. The van der Waals surface area contributed by atoms with Crippen molar-refractivity contribution < 1.29 is 14.2 Å². The molecule has 2 aromatic heterocycles. The highest BCUT2D eigenvalue weighted by atomic mass is 35.5. The van der Waals surface area contributed by atoms with Gasteiger partial charge in [-0.3, -0.25) is 4.40 Å². The molecule has 1 N–H and O–H groups in total. The fourth-order valence-electron chi connectivity index (χ4n) is 3.24. The van der Waals surface area contributed by atoms with Crippen molar-refractivity contribution >= 4 is 29.5 Å². The van der Waals surface area contributed by atoms with E-state index in [2.05, 4.69) is 9.97 Å². The van der Waals surface area contributed by atoms with E-state index in [4.69, 9.17) is 38.0 Å². The number of aromatic amines is 1. The molecule has 2 heterocycles. The number of fused-ring (bicyclic) bond motifs is 1. The lowest BCUT2D eigenvalue weighted by Crippen LogP contribution is -1.95. The minimum Gasteiger partial charge on any atom is -0.496 e. The number of ether oxygens (including phenoxy) is 3. The van der Waals surface area contributed by atoms with Crippen LogP contribution in [0.3, 0.4) is 0 Å². The summed E-state index contributed by atoms with van der Waals surface area (Å²) in [5.41, 5.74) is 4.21. The van der Waals surface area contributed by atoms with E-state index >= 15 is 0 Å². The number of imidazole rings is 1. The first-order chi connectivity index (χ1) is 14.0. The molecule has 0 aliphatic heterocycles. The fourth-order valence-corrected chi connectivity index (χ4v) is 3.61. The number of H-pyrrole nitrogens is 1. The third-order valence-electron chi connectivity index (χ3n) is 4.66. The molecule has 0 atom stereocenters. The Labute approximate surface area is 177 Å². The Morgan fingerprint density at radius 1 is 0.931 bits per heavy atom. The van der Waals surface area contributed by atoms with Crippen LogP contribution in [0.4, 0.5) is 0 Å². The Morgan fingerprint density at radius 2 is 1.66 bits per heavy atom. The molecule has 0 unspecified atom stereocenters. The minimum absolute atomic E-state index is 0.438. The van der Waals surface area contributed by atoms with Gasteiger partial charge in [-0.1, -0.05) is 11.6 Å². The van der Waals surface area contributed by atoms with Gasteiger partial charge in [0, 0.05) is 34.1 Å². The Kier molecular flexibility index (Phi) is 5.17. The summed E-state index contributed by atoms with van der Waals surface area (Å²) in [6, 6.07) is 11.2. The second kappa shape index (κ2) is 7.77. The summed E-state index contributed by atoms with van der Waals surface area (Å²) in [4.78, 5) is 7.81. The summed E-state index contributed by atoms with van der Waals surface area (Å²) in [7, 11) is 4.84. The molecule has 148 valence electrons. The Balaban J connectivity index is 1.94. The van der Waals surface area contributed by atoms with E-state index in [1.165, 1.54) is 0 Å².